The van der Waals surface area contributed by atoms with Crippen LogP contribution < -0.4 is 4.74 Å². The number of carbonyl (C=O) groups is 3. The van der Waals surface area contributed by atoms with Crippen molar-refractivity contribution in [1.82, 2.24) is 4.90 Å². The van der Waals surface area contributed by atoms with Crippen LogP contribution in [-0.4, -0.2) is 38.4 Å². The second kappa shape index (κ2) is 7.56. The minimum atomic E-state index is -0.882. The van der Waals surface area contributed by atoms with E-state index in [1.165, 1.54) is 4.90 Å². The van der Waals surface area contributed by atoms with Crippen molar-refractivity contribution in [3.05, 3.63) is 30.3 Å². The summed E-state index contributed by atoms with van der Waals surface area (Å²) in [5, 5.41) is 0. The predicted octanol–water partition coefficient (Wildman–Crippen LogP) is 3.78. The zero-order valence-corrected chi connectivity index (χ0v) is 18.9. The number of fused-ring (bicyclic) bond motifs is 5. The van der Waals surface area contributed by atoms with Gasteiger partial charge in [-0.05, 0) is 42.7 Å². The standard InChI is InChI=1S/C21H23Br2NO4/c1-10(2)8-14(21(27)28-11-6-4-3-5-7-11)24-19(25)15-12-9-13(16(15)20(24)26)18(23)17(12)22/h3-7,10,12-18H,8-9H2,1-2H3. The number of alkyl halides is 2. The molecule has 1 aromatic carbocycles. The number of hydrogen-bond acceptors (Lipinski definition) is 4. The van der Waals surface area contributed by atoms with Crippen LogP contribution in [0.1, 0.15) is 26.7 Å². The van der Waals surface area contributed by atoms with E-state index in [1.54, 1.807) is 24.3 Å². The van der Waals surface area contributed by atoms with Crippen LogP contribution in [0.25, 0.3) is 0 Å². The van der Waals surface area contributed by atoms with Crippen LogP contribution in [0.15, 0.2) is 30.3 Å². The smallest absolute Gasteiger partial charge is 0.334 e. The molecule has 0 spiro atoms. The molecular weight excluding hydrogens is 490 g/mol. The predicted molar refractivity (Wildman–Crippen MR) is 111 cm³/mol. The minimum Gasteiger partial charge on any atom is -0.425 e. The van der Waals surface area contributed by atoms with Crippen molar-refractivity contribution < 1.29 is 19.1 Å². The van der Waals surface area contributed by atoms with Crippen LogP contribution >= 0.6 is 31.9 Å². The lowest BCUT2D eigenvalue weighted by Gasteiger charge is -2.28. The Balaban J connectivity index is 1.61. The van der Waals surface area contributed by atoms with Gasteiger partial charge in [0, 0.05) is 9.65 Å². The first-order valence-corrected chi connectivity index (χ1v) is 11.6. The van der Waals surface area contributed by atoms with Gasteiger partial charge in [0.05, 0.1) is 11.8 Å². The van der Waals surface area contributed by atoms with Gasteiger partial charge in [0.15, 0.2) is 0 Å². The Labute approximate surface area is 181 Å². The zero-order valence-electron chi connectivity index (χ0n) is 15.8. The van der Waals surface area contributed by atoms with E-state index >= 15 is 0 Å². The highest BCUT2D eigenvalue weighted by atomic mass is 79.9. The van der Waals surface area contributed by atoms with Crippen LogP contribution in [0.5, 0.6) is 5.75 Å². The molecular formula is C21H23Br2NO4. The molecule has 1 aliphatic heterocycles. The lowest BCUT2D eigenvalue weighted by Crippen LogP contribution is -2.48. The number of esters is 1. The average molecular weight is 513 g/mol. The first-order chi connectivity index (χ1) is 13.3. The summed E-state index contributed by atoms with van der Waals surface area (Å²) in [6, 6.07) is 7.89. The van der Waals surface area contributed by atoms with Gasteiger partial charge in [-0.2, -0.15) is 0 Å². The molecule has 0 aromatic heterocycles. The molecule has 2 aliphatic carbocycles. The van der Waals surface area contributed by atoms with E-state index in [4.69, 9.17) is 4.74 Å². The fraction of sp³-hybridized carbons (Fsp3) is 0.571. The molecule has 150 valence electrons. The second-order valence-electron chi connectivity index (χ2n) is 8.43. The monoisotopic (exact) mass is 511 g/mol. The molecule has 0 N–H and O–H groups in total. The first-order valence-electron chi connectivity index (χ1n) is 9.73. The highest BCUT2D eigenvalue weighted by Gasteiger charge is 2.67. The Bertz CT molecular complexity index is 767. The van der Waals surface area contributed by atoms with Gasteiger partial charge in [-0.1, -0.05) is 63.9 Å². The number of nitrogens with zero attached hydrogens (tertiary/aromatic N) is 1. The Morgan fingerprint density at radius 3 is 2.11 bits per heavy atom. The van der Waals surface area contributed by atoms with Crippen LogP contribution in [0, 0.1) is 29.6 Å². The number of rotatable bonds is 5. The third-order valence-corrected chi connectivity index (χ3v) is 9.47. The molecule has 2 amide bonds. The molecule has 7 unspecified atom stereocenters. The average Bonchev–Trinajstić information content (AvgIpc) is 3.26. The fourth-order valence-electron chi connectivity index (χ4n) is 5.11. The van der Waals surface area contributed by atoms with E-state index in [-0.39, 0.29) is 51.1 Å². The van der Waals surface area contributed by atoms with Gasteiger partial charge in [-0.3, -0.25) is 14.5 Å². The lowest BCUT2D eigenvalue weighted by molar-refractivity contribution is -0.154. The number of ether oxygens (including phenoxy) is 1. The van der Waals surface area contributed by atoms with E-state index in [0.717, 1.165) is 6.42 Å². The molecule has 4 rings (SSSR count). The number of carbonyl (C=O) groups excluding carboxylic acids is 3. The van der Waals surface area contributed by atoms with Gasteiger partial charge in [0.1, 0.15) is 11.8 Å². The first kappa shape index (κ1) is 20.1. The zero-order chi connectivity index (χ0) is 20.2. The molecule has 3 aliphatic rings. The number of halogens is 2. The van der Waals surface area contributed by atoms with Gasteiger partial charge < -0.3 is 4.74 Å². The summed E-state index contributed by atoms with van der Waals surface area (Å²) >= 11 is 7.39. The highest BCUT2D eigenvalue weighted by Crippen LogP contribution is 2.60. The lowest BCUT2D eigenvalue weighted by atomic mass is 9.81. The van der Waals surface area contributed by atoms with Crippen molar-refractivity contribution >= 4 is 49.6 Å². The molecule has 28 heavy (non-hydrogen) atoms. The number of benzene rings is 1. The summed E-state index contributed by atoms with van der Waals surface area (Å²) in [5.41, 5.74) is 0. The van der Waals surface area contributed by atoms with Gasteiger partial charge >= 0.3 is 5.97 Å². The van der Waals surface area contributed by atoms with E-state index in [0.29, 0.717) is 12.2 Å². The molecule has 1 aromatic rings. The third kappa shape index (κ3) is 3.15. The molecule has 5 nitrogen and oxygen atoms in total. The maximum absolute atomic E-state index is 13.3. The number of hydrogen-bond donors (Lipinski definition) is 0. The Morgan fingerprint density at radius 1 is 1.07 bits per heavy atom. The number of amides is 2. The number of para-hydroxylation sites is 1. The maximum Gasteiger partial charge on any atom is 0.334 e. The normalized spacial score (nSPS) is 34.8. The minimum absolute atomic E-state index is 0.130. The summed E-state index contributed by atoms with van der Waals surface area (Å²) in [4.78, 5) is 41.1. The van der Waals surface area contributed by atoms with Crippen LogP contribution in [0.3, 0.4) is 0 Å². The van der Waals surface area contributed by atoms with Gasteiger partial charge in [-0.15, -0.1) is 0 Å². The van der Waals surface area contributed by atoms with Gasteiger partial charge in [-0.25, -0.2) is 4.79 Å². The quantitative estimate of drug-likeness (QED) is 0.260. The van der Waals surface area contributed by atoms with E-state index in [1.807, 2.05) is 19.9 Å². The molecule has 0 radical (unpaired) electrons. The Morgan fingerprint density at radius 2 is 1.61 bits per heavy atom. The van der Waals surface area contributed by atoms with Crippen molar-refractivity contribution in [3.63, 3.8) is 0 Å². The van der Waals surface area contributed by atoms with Crippen LogP contribution in [0.4, 0.5) is 0 Å². The third-order valence-electron chi connectivity index (χ3n) is 6.26. The number of likely N-dealkylation sites (tertiary alicyclic amines) is 1. The molecule has 2 bridgehead atoms. The molecule has 2 saturated carbocycles. The van der Waals surface area contributed by atoms with Crippen molar-refractivity contribution in [2.45, 2.75) is 42.4 Å². The van der Waals surface area contributed by atoms with E-state index < -0.39 is 12.0 Å². The van der Waals surface area contributed by atoms with Gasteiger partial charge in [0.2, 0.25) is 11.8 Å². The van der Waals surface area contributed by atoms with E-state index in [9.17, 15) is 14.4 Å². The van der Waals surface area contributed by atoms with Crippen molar-refractivity contribution in [2.75, 3.05) is 0 Å². The summed E-state index contributed by atoms with van der Waals surface area (Å²) < 4.78 is 5.52. The highest BCUT2D eigenvalue weighted by molar-refractivity contribution is 9.12. The molecule has 1 heterocycles. The maximum atomic E-state index is 13.3. The summed E-state index contributed by atoms with van der Waals surface area (Å²) in [5.74, 6) is -0.787. The van der Waals surface area contributed by atoms with Crippen molar-refractivity contribution in [1.29, 1.82) is 0 Å². The fourth-order valence-corrected chi connectivity index (χ4v) is 6.98. The Kier molecular flexibility index (Phi) is 5.42. The summed E-state index contributed by atoms with van der Waals surface area (Å²) in [7, 11) is 0. The number of imide groups is 1. The Hall–Kier alpha value is -1.21. The SMILES string of the molecule is CC(C)CC(C(=O)Oc1ccccc1)N1C(=O)C2C3CC(C(Br)C3Br)C2C1=O. The molecule has 3 fully saturated rings. The summed E-state index contributed by atoms with van der Waals surface area (Å²) in [6.07, 6.45) is 1.27. The largest absolute Gasteiger partial charge is 0.425 e. The molecule has 7 heteroatoms. The van der Waals surface area contributed by atoms with E-state index in [2.05, 4.69) is 31.9 Å². The topological polar surface area (TPSA) is 63.7 Å². The summed E-state index contributed by atoms with van der Waals surface area (Å²) in [6.45, 7) is 3.95. The van der Waals surface area contributed by atoms with Crippen LogP contribution in [0.2, 0.25) is 0 Å². The molecule has 7 atom stereocenters. The van der Waals surface area contributed by atoms with Crippen molar-refractivity contribution in [2.24, 2.45) is 29.6 Å². The van der Waals surface area contributed by atoms with Crippen LogP contribution in [-0.2, 0) is 14.4 Å². The van der Waals surface area contributed by atoms with Gasteiger partial charge in [0.25, 0.3) is 0 Å². The second-order valence-corrected chi connectivity index (χ2v) is 10.5. The van der Waals surface area contributed by atoms with Crippen molar-refractivity contribution in [3.8, 4) is 5.75 Å². The molecule has 1 saturated heterocycles.